The summed E-state index contributed by atoms with van der Waals surface area (Å²) in [4.78, 5) is 21.5. The summed E-state index contributed by atoms with van der Waals surface area (Å²) in [5, 5.41) is 23.1. The third-order valence-corrected chi connectivity index (χ3v) is 3.56. The number of carboxylic acids is 1. The first-order chi connectivity index (χ1) is 11.0. The minimum atomic E-state index is -1.19. The van der Waals surface area contributed by atoms with E-state index in [2.05, 4.69) is 5.32 Å². The van der Waals surface area contributed by atoms with Crippen molar-refractivity contribution in [3.05, 3.63) is 69.8 Å². The molecule has 0 saturated carbocycles. The van der Waals surface area contributed by atoms with Crippen LogP contribution in [0.3, 0.4) is 0 Å². The number of aromatic carboxylic acids is 1. The number of anilines is 1. The molecule has 2 N–H and O–H groups in total. The van der Waals surface area contributed by atoms with Crippen LogP contribution in [0, 0.1) is 10.1 Å². The zero-order chi connectivity index (χ0) is 16.8. The second-order valence-electron chi connectivity index (χ2n) is 5.36. The van der Waals surface area contributed by atoms with Crippen LogP contribution in [0.2, 0.25) is 0 Å². The highest BCUT2D eigenvalue weighted by atomic mass is 16.6. The summed E-state index contributed by atoms with van der Waals surface area (Å²) < 4.78 is 0. The number of carbonyl (C=O) groups is 1. The van der Waals surface area contributed by atoms with Crippen molar-refractivity contribution in [3.8, 4) is 0 Å². The lowest BCUT2D eigenvalue weighted by molar-refractivity contribution is -0.384. The number of carboxylic acid groups (broad SMARTS) is 1. The number of rotatable bonds is 7. The van der Waals surface area contributed by atoms with Crippen molar-refractivity contribution in [2.24, 2.45) is 0 Å². The van der Waals surface area contributed by atoms with E-state index in [4.69, 9.17) is 0 Å². The monoisotopic (exact) mass is 314 g/mol. The number of nitro groups is 1. The lowest BCUT2D eigenvalue weighted by atomic mass is 10.1. The molecule has 0 aromatic heterocycles. The van der Waals surface area contributed by atoms with Crippen LogP contribution < -0.4 is 5.32 Å². The van der Waals surface area contributed by atoms with Crippen LogP contribution in [0.25, 0.3) is 0 Å². The number of nitrogens with zero attached hydrogens (tertiary/aromatic N) is 1. The molecule has 0 radical (unpaired) electrons. The number of non-ortho nitro benzene ring substituents is 1. The Morgan fingerprint density at radius 1 is 1.26 bits per heavy atom. The first kappa shape index (κ1) is 16.5. The molecule has 6 nitrogen and oxygen atoms in total. The van der Waals surface area contributed by atoms with E-state index >= 15 is 0 Å². The van der Waals surface area contributed by atoms with Crippen molar-refractivity contribution in [2.75, 3.05) is 5.32 Å². The van der Waals surface area contributed by atoms with Crippen LogP contribution in [0.1, 0.15) is 29.3 Å². The van der Waals surface area contributed by atoms with Crippen molar-refractivity contribution in [1.29, 1.82) is 0 Å². The summed E-state index contributed by atoms with van der Waals surface area (Å²) >= 11 is 0. The third-order valence-electron chi connectivity index (χ3n) is 3.56. The van der Waals surface area contributed by atoms with Gasteiger partial charge in [0.15, 0.2) is 0 Å². The molecule has 0 fully saturated rings. The lowest BCUT2D eigenvalue weighted by Gasteiger charge is -2.17. The van der Waals surface area contributed by atoms with Crippen LogP contribution in [0.5, 0.6) is 0 Å². The number of nitro benzene ring substituents is 1. The van der Waals surface area contributed by atoms with Crippen molar-refractivity contribution in [3.63, 3.8) is 0 Å². The van der Waals surface area contributed by atoms with Crippen molar-refractivity contribution < 1.29 is 14.8 Å². The van der Waals surface area contributed by atoms with Gasteiger partial charge in [0.1, 0.15) is 0 Å². The van der Waals surface area contributed by atoms with E-state index in [9.17, 15) is 20.0 Å². The zero-order valence-corrected chi connectivity index (χ0v) is 12.7. The van der Waals surface area contributed by atoms with Gasteiger partial charge in [0, 0.05) is 23.9 Å². The Bertz CT molecular complexity index is 701. The van der Waals surface area contributed by atoms with Gasteiger partial charge in [-0.3, -0.25) is 10.1 Å². The Hall–Kier alpha value is -2.89. The number of benzene rings is 2. The molecule has 2 aromatic rings. The summed E-state index contributed by atoms with van der Waals surface area (Å²) in [6.45, 7) is 1.95. The Morgan fingerprint density at radius 3 is 2.57 bits per heavy atom. The molecule has 120 valence electrons. The number of nitrogens with one attached hydrogen (secondary N) is 1. The minimum absolute atomic E-state index is 0.0368. The van der Waals surface area contributed by atoms with Crippen LogP contribution in [-0.4, -0.2) is 22.0 Å². The standard InChI is InChI=1S/C17H18N2O4/c1-12(7-8-13-5-3-2-4-6-13)18-16-10-9-14(19(22)23)11-15(16)17(20)21/h2-6,9-12,18H,7-8H2,1H3,(H,20,21)/t12-/m0/s1. The Balaban J connectivity index is 2.06. The van der Waals surface area contributed by atoms with Crippen LogP contribution in [0.15, 0.2) is 48.5 Å². The van der Waals surface area contributed by atoms with E-state index in [0.29, 0.717) is 5.69 Å². The van der Waals surface area contributed by atoms with Gasteiger partial charge in [-0.15, -0.1) is 0 Å². The fourth-order valence-corrected chi connectivity index (χ4v) is 2.31. The van der Waals surface area contributed by atoms with E-state index in [-0.39, 0.29) is 17.3 Å². The number of hydrogen-bond acceptors (Lipinski definition) is 4. The summed E-state index contributed by atoms with van der Waals surface area (Å²) in [6, 6.07) is 13.9. The largest absolute Gasteiger partial charge is 0.478 e. The molecule has 0 spiro atoms. The maximum absolute atomic E-state index is 11.3. The highest BCUT2D eigenvalue weighted by Crippen LogP contribution is 2.23. The van der Waals surface area contributed by atoms with Gasteiger partial charge >= 0.3 is 5.97 Å². The molecule has 0 aliphatic carbocycles. The first-order valence-electron chi connectivity index (χ1n) is 7.29. The fourth-order valence-electron chi connectivity index (χ4n) is 2.31. The predicted molar refractivity (Wildman–Crippen MR) is 87.9 cm³/mol. The van der Waals surface area contributed by atoms with Crippen molar-refractivity contribution >= 4 is 17.3 Å². The van der Waals surface area contributed by atoms with Crippen molar-refractivity contribution in [1.82, 2.24) is 0 Å². The van der Waals surface area contributed by atoms with E-state index in [1.165, 1.54) is 17.7 Å². The Kier molecular flexibility index (Phi) is 5.30. The van der Waals surface area contributed by atoms with Crippen LogP contribution in [-0.2, 0) is 6.42 Å². The van der Waals surface area contributed by atoms with Gasteiger partial charge in [-0.25, -0.2) is 4.79 Å². The van der Waals surface area contributed by atoms with Crippen molar-refractivity contribution in [2.45, 2.75) is 25.8 Å². The third kappa shape index (κ3) is 4.54. The minimum Gasteiger partial charge on any atom is -0.478 e. The summed E-state index contributed by atoms with van der Waals surface area (Å²) in [5.41, 5.74) is 1.28. The van der Waals surface area contributed by atoms with Gasteiger partial charge in [0.2, 0.25) is 0 Å². The topological polar surface area (TPSA) is 92.5 Å². The molecule has 0 aliphatic heterocycles. The van der Waals surface area contributed by atoms with Gasteiger partial charge in [-0.05, 0) is 31.4 Å². The van der Waals surface area contributed by atoms with E-state index in [1.54, 1.807) is 0 Å². The maximum atomic E-state index is 11.3. The normalized spacial score (nSPS) is 11.7. The molecule has 0 saturated heterocycles. The molecule has 0 unspecified atom stereocenters. The molecule has 1 atom stereocenters. The van der Waals surface area contributed by atoms with Gasteiger partial charge in [0.25, 0.3) is 5.69 Å². The molecule has 0 aliphatic rings. The van der Waals surface area contributed by atoms with E-state index in [1.807, 2.05) is 37.3 Å². The predicted octanol–water partition coefficient (Wildman–Crippen LogP) is 3.73. The average molecular weight is 314 g/mol. The number of hydrogen-bond donors (Lipinski definition) is 2. The summed E-state index contributed by atoms with van der Waals surface area (Å²) in [5.74, 6) is -1.19. The van der Waals surface area contributed by atoms with E-state index in [0.717, 1.165) is 18.9 Å². The molecule has 0 heterocycles. The molecular formula is C17H18N2O4. The van der Waals surface area contributed by atoms with E-state index < -0.39 is 10.9 Å². The average Bonchev–Trinajstić information content (AvgIpc) is 2.54. The second-order valence-corrected chi connectivity index (χ2v) is 5.36. The Labute approximate surface area is 133 Å². The van der Waals surface area contributed by atoms with Crippen LogP contribution >= 0.6 is 0 Å². The van der Waals surface area contributed by atoms with Gasteiger partial charge in [-0.1, -0.05) is 30.3 Å². The zero-order valence-electron chi connectivity index (χ0n) is 12.7. The molecule has 2 rings (SSSR count). The highest BCUT2D eigenvalue weighted by Gasteiger charge is 2.17. The summed E-state index contributed by atoms with van der Waals surface area (Å²) in [6.07, 6.45) is 1.68. The first-order valence-corrected chi connectivity index (χ1v) is 7.29. The molecule has 6 heteroatoms. The number of aryl methyl sites for hydroxylation is 1. The molecule has 0 amide bonds. The Morgan fingerprint density at radius 2 is 1.96 bits per heavy atom. The fraction of sp³-hybridized carbons (Fsp3) is 0.235. The van der Waals surface area contributed by atoms with Gasteiger partial charge < -0.3 is 10.4 Å². The molecule has 23 heavy (non-hydrogen) atoms. The second kappa shape index (κ2) is 7.40. The van der Waals surface area contributed by atoms with Gasteiger partial charge in [-0.2, -0.15) is 0 Å². The molecule has 0 bridgehead atoms. The molecule has 2 aromatic carbocycles. The highest BCUT2D eigenvalue weighted by molar-refractivity contribution is 5.95. The maximum Gasteiger partial charge on any atom is 0.338 e. The quantitative estimate of drug-likeness (QED) is 0.600. The van der Waals surface area contributed by atoms with Gasteiger partial charge in [0.05, 0.1) is 10.5 Å². The summed E-state index contributed by atoms with van der Waals surface area (Å²) in [7, 11) is 0. The van der Waals surface area contributed by atoms with Crippen LogP contribution in [0.4, 0.5) is 11.4 Å². The smallest absolute Gasteiger partial charge is 0.338 e. The lowest BCUT2D eigenvalue weighted by Crippen LogP contribution is -2.18. The molecular weight excluding hydrogens is 296 g/mol. The SMILES string of the molecule is C[C@@H](CCc1ccccc1)Nc1ccc([N+](=O)[O-])cc1C(=O)O.